The molecule has 2 rings (SSSR count). The minimum atomic E-state index is 0.267. The van der Waals surface area contributed by atoms with E-state index < -0.39 is 0 Å². The highest BCUT2D eigenvalue weighted by Crippen LogP contribution is 2.27. The van der Waals surface area contributed by atoms with Gasteiger partial charge in [0.05, 0.1) is 11.0 Å². The monoisotopic (exact) mass is 314 g/mol. The van der Waals surface area contributed by atoms with Gasteiger partial charge in [-0.15, -0.1) is 0 Å². The summed E-state index contributed by atoms with van der Waals surface area (Å²) in [5.74, 6) is 0. The van der Waals surface area contributed by atoms with Crippen molar-refractivity contribution in [1.29, 1.82) is 0 Å². The largest absolute Gasteiger partial charge is 0.411 e. The first-order valence-corrected chi connectivity index (χ1v) is 9.26. The number of hydrogen-bond donors (Lipinski definition) is 2. The number of thioether (sulfide) groups is 1. The molecule has 2 aliphatic carbocycles. The molecule has 2 fully saturated rings. The summed E-state index contributed by atoms with van der Waals surface area (Å²) >= 11 is 7.21. The molecule has 20 heavy (non-hydrogen) atoms. The van der Waals surface area contributed by atoms with Crippen molar-refractivity contribution in [1.82, 2.24) is 5.32 Å². The zero-order valence-electron chi connectivity index (χ0n) is 12.1. The Balaban J connectivity index is 1.83. The summed E-state index contributed by atoms with van der Waals surface area (Å²) in [7, 11) is 0. The number of hydrogen-bond acceptors (Lipinski definition) is 4. The zero-order chi connectivity index (χ0) is 14.2. The maximum atomic E-state index is 9.22. The molecule has 0 aromatic rings. The van der Waals surface area contributed by atoms with Crippen molar-refractivity contribution < 1.29 is 5.21 Å². The van der Waals surface area contributed by atoms with E-state index >= 15 is 0 Å². The highest BCUT2D eigenvalue weighted by atomic mass is 32.2. The Hall–Kier alpha value is -0.290. The van der Waals surface area contributed by atoms with Gasteiger partial charge in [-0.1, -0.05) is 67.7 Å². The minimum absolute atomic E-state index is 0.267. The molecule has 114 valence electrons. The molecule has 0 saturated heterocycles. The van der Waals surface area contributed by atoms with Crippen molar-refractivity contribution in [2.75, 3.05) is 0 Å². The molecule has 0 aromatic heterocycles. The summed E-state index contributed by atoms with van der Waals surface area (Å²) in [6, 6.07) is 0.562. The van der Waals surface area contributed by atoms with Crippen molar-refractivity contribution >= 4 is 34.0 Å². The fraction of sp³-hybridized carbons (Fsp3) is 0.867. The average molecular weight is 315 g/mol. The van der Waals surface area contributed by atoms with E-state index in [0.717, 1.165) is 29.3 Å². The fourth-order valence-electron chi connectivity index (χ4n) is 3.14. The Bertz CT molecular complexity index is 341. The third kappa shape index (κ3) is 5.24. The summed E-state index contributed by atoms with van der Waals surface area (Å²) in [6.45, 7) is 0. The van der Waals surface area contributed by atoms with Crippen molar-refractivity contribution in [2.24, 2.45) is 5.16 Å². The van der Waals surface area contributed by atoms with E-state index in [0.29, 0.717) is 6.04 Å². The van der Waals surface area contributed by atoms with Gasteiger partial charge in [-0.05, 0) is 32.1 Å². The topological polar surface area (TPSA) is 44.6 Å². The van der Waals surface area contributed by atoms with Crippen molar-refractivity contribution in [3.05, 3.63) is 0 Å². The Labute approximate surface area is 132 Å². The first kappa shape index (κ1) is 16.1. The molecule has 2 saturated carbocycles. The summed E-state index contributed by atoms with van der Waals surface area (Å²) in [4.78, 5) is 0. The molecule has 3 nitrogen and oxygen atoms in total. The number of rotatable bonds is 2. The number of nitrogens with one attached hydrogen (secondary N) is 1. The van der Waals surface area contributed by atoms with Crippen LogP contribution in [-0.4, -0.2) is 26.5 Å². The third-order valence-corrected chi connectivity index (χ3v) is 5.86. The standard InChI is InChI=1S/C15H26N2OS2/c18-17-13-10-6-1-2-7-11-14(13)20-15(19)16-12-8-4-3-5-9-12/h12,14,18H,1-11H2,(H,16,19). The molecule has 2 N–H and O–H groups in total. The van der Waals surface area contributed by atoms with Gasteiger partial charge in [0.1, 0.15) is 4.32 Å². The Morgan fingerprint density at radius 2 is 1.70 bits per heavy atom. The van der Waals surface area contributed by atoms with Gasteiger partial charge in [0.15, 0.2) is 0 Å². The summed E-state index contributed by atoms with van der Waals surface area (Å²) < 4.78 is 0.892. The smallest absolute Gasteiger partial charge is 0.134 e. The highest BCUT2D eigenvalue weighted by molar-refractivity contribution is 8.23. The second-order valence-corrected chi connectivity index (χ2v) is 7.80. The van der Waals surface area contributed by atoms with Crippen LogP contribution in [-0.2, 0) is 0 Å². The fourth-order valence-corrected chi connectivity index (χ4v) is 4.73. The summed E-state index contributed by atoms with van der Waals surface area (Å²) in [6.07, 6.45) is 13.4. The van der Waals surface area contributed by atoms with Crippen LogP contribution in [0.5, 0.6) is 0 Å². The SMILES string of the molecule is ON=C1CCCCCCC1SC(=S)NC1CCCCC1. The minimum Gasteiger partial charge on any atom is -0.411 e. The number of thiocarbonyl (C=S) groups is 1. The maximum absolute atomic E-state index is 9.22. The van der Waals surface area contributed by atoms with Crippen LogP contribution in [0.25, 0.3) is 0 Å². The van der Waals surface area contributed by atoms with Crippen LogP contribution in [0, 0.1) is 0 Å². The number of oxime groups is 1. The molecule has 1 atom stereocenters. The molecule has 0 heterocycles. The van der Waals surface area contributed by atoms with Crippen molar-refractivity contribution in [3.63, 3.8) is 0 Å². The molecule has 0 aliphatic heterocycles. The molecule has 0 bridgehead atoms. The molecule has 0 radical (unpaired) electrons. The number of nitrogens with zero attached hydrogens (tertiary/aromatic N) is 1. The van der Waals surface area contributed by atoms with Gasteiger partial charge < -0.3 is 10.5 Å². The van der Waals surface area contributed by atoms with Crippen LogP contribution in [0.4, 0.5) is 0 Å². The molecule has 0 aromatic carbocycles. The lowest BCUT2D eigenvalue weighted by Gasteiger charge is -2.26. The van der Waals surface area contributed by atoms with E-state index in [2.05, 4.69) is 10.5 Å². The van der Waals surface area contributed by atoms with E-state index in [1.54, 1.807) is 11.8 Å². The van der Waals surface area contributed by atoms with Crippen LogP contribution in [0.2, 0.25) is 0 Å². The average Bonchev–Trinajstić information content (AvgIpc) is 2.43. The molecule has 5 heteroatoms. The van der Waals surface area contributed by atoms with E-state index in [4.69, 9.17) is 12.2 Å². The lowest BCUT2D eigenvalue weighted by Crippen LogP contribution is -2.35. The lowest BCUT2D eigenvalue weighted by atomic mass is 9.96. The zero-order valence-corrected chi connectivity index (χ0v) is 13.8. The molecule has 1 unspecified atom stereocenters. The van der Waals surface area contributed by atoms with Crippen LogP contribution in [0.1, 0.15) is 70.6 Å². The molecule has 0 amide bonds. The predicted molar refractivity (Wildman–Crippen MR) is 90.9 cm³/mol. The lowest BCUT2D eigenvalue weighted by molar-refractivity contribution is 0.315. The second kappa shape index (κ2) is 8.88. The van der Waals surface area contributed by atoms with Gasteiger partial charge in [0, 0.05) is 6.04 Å². The van der Waals surface area contributed by atoms with Crippen LogP contribution in [0.15, 0.2) is 5.16 Å². The van der Waals surface area contributed by atoms with Gasteiger partial charge in [-0.25, -0.2) is 0 Å². The molecular formula is C15H26N2OS2. The van der Waals surface area contributed by atoms with Gasteiger partial charge in [-0.2, -0.15) is 0 Å². The molecular weight excluding hydrogens is 288 g/mol. The third-order valence-electron chi connectivity index (χ3n) is 4.33. The van der Waals surface area contributed by atoms with Crippen molar-refractivity contribution in [3.8, 4) is 0 Å². The Morgan fingerprint density at radius 3 is 2.45 bits per heavy atom. The van der Waals surface area contributed by atoms with Crippen LogP contribution >= 0.6 is 24.0 Å². The first-order valence-electron chi connectivity index (χ1n) is 7.97. The van der Waals surface area contributed by atoms with Gasteiger partial charge in [-0.3, -0.25) is 0 Å². The summed E-state index contributed by atoms with van der Waals surface area (Å²) in [5.41, 5.74) is 0.933. The first-order chi connectivity index (χ1) is 9.79. The molecule has 2 aliphatic rings. The van der Waals surface area contributed by atoms with Gasteiger partial charge in [0.2, 0.25) is 0 Å². The second-order valence-electron chi connectivity index (χ2n) is 5.92. The van der Waals surface area contributed by atoms with Gasteiger partial charge in [0.25, 0.3) is 0 Å². The predicted octanol–water partition coefficient (Wildman–Crippen LogP) is 4.48. The van der Waals surface area contributed by atoms with Crippen LogP contribution < -0.4 is 5.32 Å². The Kier molecular flexibility index (Phi) is 7.14. The molecule has 0 spiro atoms. The van der Waals surface area contributed by atoms with E-state index in [9.17, 15) is 5.21 Å². The maximum Gasteiger partial charge on any atom is 0.134 e. The van der Waals surface area contributed by atoms with E-state index in [1.165, 1.54) is 51.4 Å². The van der Waals surface area contributed by atoms with Crippen LogP contribution in [0.3, 0.4) is 0 Å². The van der Waals surface area contributed by atoms with Crippen molar-refractivity contribution in [2.45, 2.75) is 81.9 Å². The summed E-state index contributed by atoms with van der Waals surface area (Å²) in [5, 5.41) is 16.5. The quantitative estimate of drug-likeness (QED) is 0.448. The van der Waals surface area contributed by atoms with E-state index in [-0.39, 0.29) is 5.25 Å². The Morgan fingerprint density at radius 1 is 1.05 bits per heavy atom. The van der Waals surface area contributed by atoms with E-state index in [1.807, 2.05) is 0 Å². The normalized spacial score (nSPS) is 27.8. The highest BCUT2D eigenvalue weighted by Gasteiger charge is 2.22. The van der Waals surface area contributed by atoms with Gasteiger partial charge >= 0.3 is 0 Å².